The maximum absolute atomic E-state index is 14.3. The molecule has 134 valence electrons. The number of halogens is 1. The molecule has 0 saturated heterocycles. The summed E-state index contributed by atoms with van der Waals surface area (Å²) < 4.78 is 15.9. The average molecular weight is 361 g/mol. The molecular weight excluding hydrogens is 345 g/mol. The third-order valence-electron chi connectivity index (χ3n) is 4.36. The molecule has 0 radical (unpaired) electrons. The number of carbonyl (C=O) groups is 1. The monoisotopic (exact) mass is 361 g/mol. The van der Waals surface area contributed by atoms with Gasteiger partial charge in [0.2, 0.25) is 0 Å². The minimum Gasteiger partial charge on any atom is -0.507 e. The summed E-state index contributed by atoms with van der Waals surface area (Å²) in [7, 11) is 0. The maximum Gasteiger partial charge on any atom is 0.255 e. The first-order chi connectivity index (χ1) is 13.1. The van der Waals surface area contributed by atoms with Gasteiger partial charge in [-0.05, 0) is 40.6 Å². The molecule has 3 aromatic carbocycles. The molecule has 0 spiro atoms. The SMILES string of the molecule is O=C(NCc1ccc(-n2ccnc2)c(F)c1)c1cc2ccccc2cc1O. The lowest BCUT2D eigenvalue weighted by Gasteiger charge is -2.10. The van der Waals surface area contributed by atoms with E-state index >= 15 is 0 Å². The predicted octanol–water partition coefficient (Wildman–Crippen LogP) is 3.80. The Morgan fingerprint density at radius 1 is 1.11 bits per heavy atom. The molecule has 0 aliphatic carbocycles. The van der Waals surface area contributed by atoms with Crippen LogP contribution in [0.2, 0.25) is 0 Å². The van der Waals surface area contributed by atoms with E-state index in [0.29, 0.717) is 11.3 Å². The number of phenols is 1. The Kier molecular flexibility index (Phi) is 4.30. The normalized spacial score (nSPS) is 10.9. The van der Waals surface area contributed by atoms with E-state index in [1.807, 2.05) is 24.3 Å². The second-order valence-electron chi connectivity index (χ2n) is 6.15. The molecule has 27 heavy (non-hydrogen) atoms. The van der Waals surface area contributed by atoms with Crippen molar-refractivity contribution < 1.29 is 14.3 Å². The first-order valence-electron chi connectivity index (χ1n) is 8.38. The minimum atomic E-state index is -0.419. The van der Waals surface area contributed by atoms with Crippen LogP contribution in [0.25, 0.3) is 16.5 Å². The van der Waals surface area contributed by atoms with Crippen LogP contribution in [0.1, 0.15) is 15.9 Å². The highest BCUT2D eigenvalue weighted by atomic mass is 19.1. The van der Waals surface area contributed by atoms with Crippen molar-refractivity contribution in [2.75, 3.05) is 0 Å². The molecule has 0 saturated carbocycles. The van der Waals surface area contributed by atoms with Gasteiger partial charge in [0.05, 0.1) is 17.6 Å². The Labute approximate surface area is 154 Å². The molecule has 4 aromatic rings. The molecule has 0 bridgehead atoms. The number of nitrogens with one attached hydrogen (secondary N) is 1. The van der Waals surface area contributed by atoms with E-state index in [1.54, 1.807) is 41.2 Å². The van der Waals surface area contributed by atoms with Gasteiger partial charge in [-0.15, -0.1) is 0 Å². The minimum absolute atomic E-state index is 0.0900. The molecule has 0 aliphatic heterocycles. The van der Waals surface area contributed by atoms with Gasteiger partial charge in [-0.25, -0.2) is 9.37 Å². The Bertz CT molecular complexity index is 1120. The molecule has 0 unspecified atom stereocenters. The summed E-state index contributed by atoms with van der Waals surface area (Å²) in [6.07, 6.45) is 4.74. The molecule has 0 fully saturated rings. The number of benzene rings is 3. The summed E-state index contributed by atoms with van der Waals surface area (Å²) in [5.74, 6) is -0.918. The van der Waals surface area contributed by atoms with Crippen molar-refractivity contribution in [3.8, 4) is 11.4 Å². The van der Waals surface area contributed by atoms with Gasteiger partial charge in [0, 0.05) is 18.9 Å². The van der Waals surface area contributed by atoms with Crippen LogP contribution in [0.3, 0.4) is 0 Å². The summed E-state index contributed by atoms with van der Waals surface area (Å²) >= 11 is 0. The fourth-order valence-corrected chi connectivity index (χ4v) is 2.96. The Morgan fingerprint density at radius 2 is 1.89 bits per heavy atom. The van der Waals surface area contributed by atoms with Crippen LogP contribution < -0.4 is 5.32 Å². The lowest BCUT2D eigenvalue weighted by Crippen LogP contribution is -2.23. The first kappa shape index (κ1) is 16.8. The fourth-order valence-electron chi connectivity index (χ4n) is 2.96. The van der Waals surface area contributed by atoms with E-state index in [1.165, 1.54) is 12.4 Å². The molecule has 6 heteroatoms. The summed E-state index contributed by atoms with van der Waals surface area (Å²) in [6, 6.07) is 15.4. The summed E-state index contributed by atoms with van der Waals surface area (Å²) in [4.78, 5) is 16.3. The van der Waals surface area contributed by atoms with Crippen molar-refractivity contribution >= 4 is 16.7 Å². The van der Waals surface area contributed by atoms with Crippen LogP contribution in [0.5, 0.6) is 5.75 Å². The van der Waals surface area contributed by atoms with Crippen LogP contribution in [0.4, 0.5) is 4.39 Å². The van der Waals surface area contributed by atoms with E-state index in [2.05, 4.69) is 10.3 Å². The second-order valence-corrected chi connectivity index (χ2v) is 6.15. The van der Waals surface area contributed by atoms with Crippen molar-refractivity contribution in [2.45, 2.75) is 6.54 Å². The van der Waals surface area contributed by atoms with E-state index in [9.17, 15) is 14.3 Å². The molecule has 0 aliphatic rings. The number of imidazole rings is 1. The van der Waals surface area contributed by atoms with Crippen LogP contribution in [-0.2, 0) is 6.54 Å². The number of aromatic hydroxyl groups is 1. The van der Waals surface area contributed by atoms with Gasteiger partial charge in [0.15, 0.2) is 0 Å². The number of phenolic OH excluding ortho intramolecular Hbond substituents is 1. The Hall–Kier alpha value is -3.67. The lowest BCUT2D eigenvalue weighted by atomic mass is 10.1. The van der Waals surface area contributed by atoms with Gasteiger partial charge in [-0.3, -0.25) is 4.79 Å². The van der Waals surface area contributed by atoms with Gasteiger partial charge in [0.25, 0.3) is 5.91 Å². The van der Waals surface area contributed by atoms with Gasteiger partial charge in [0.1, 0.15) is 11.6 Å². The van der Waals surface area contributed by atoms with Crippen molar-refractivity contribution in [3.63, 3.8) is 0 Å². The lowest BCUT2D eigenvalue weighted by molar-refractivity contribution is 0.0948. The third-order valence-corrected chi connectivity index (χ3v) is 4.36. The van der Waals surface area contributed by atoms with E-state index < -0.39 is 11.7 Å². The van der Waals surface area contributed by atoms with E-state index in [0.717, 1.165) is 10.8 Å². The van der Waals surface area contributed by atoms with Crippen molar-refractivity contribution in [2.24, 2.45) is 0 Å². The highest BCUT2D eigenvalue weighted by Crippen LogP contribution is 2.25. The predicted molar refractivity (Wildman–Crippen MR) is 100 cm³/mol. The molecule has 5 nitrogen and oxygen atoms in total. The molecule has 4 rings (SSSR count). The summed E-state index contributed by atoms with van der Waals surface area (Å²) in [5, 5.41) is 14.6. The van der Waals surface area contributed by atoms with Crippen LogP contribution >= 0.6 is 0 Å². The number of hydrogen-bond donors (Lipinski definition) is 2. The Balaban J connectivity index is 1.51. The zero-order valence-corrected chi connectivity index (χ0v) is 14.3. The van der Waals surface area contributed by atoms with Crippen molar-refractivity contribution in [3.05, 3.63) is 90.3 Å². The van der Waals surface area contributed by atoms with Crippen molar-refractivity contribution in [1.29, 1.82) is 0 Å². The molecule has 0 atom stereocenters. The number of hydrogen-bond acceptors (Lipinski definition) is 3. The number of fused-ring (bicyclic) bond motifs is 1. The van der Waals surface area contributed by atoms with Crippen LogP contribution in [-0.4, -0.2) is 20.6 Å². The average Bonchev–Trinajstić information content (AvgIpc) is 3.20. The summed E-state index contributed by atoms with van der Waals surface area (Å²) in [6.45, 7) is 0.145. The molecule has 1 amide bonds. The Morgan fingerprint density at radius 3 is 2.59 bits per heavy atom. The van der Waals surface area contributed by atoms with Gasteiger partial charge >= 0.3 is 0 Å². The zero-order chi connectivity index (χ0) is 18.8. The van der Waals surface area contributed by atoms with Gasteiger partial charge < -0.3 is 15.0 Å². The third kappa shape index (κ3) is 3.37. The van der Waals surface area contributed by atoms with E-state index in [4.69, 9.17) is 0 Å². The highest BCUT2D eigenvalue weighted by molar-refractivity contribution is 6.01. The fraction of sp³-hybridized carbons (Fsp3) is 0.0476. The van der Waals surface area contributed by atoms with Crippen LogP contribution in [0, 0.1) is 5.82 Å². The standard InChI is InChI=1S/C21H16FN3O2/c22-18-9-14(5-6-19(18)25-8-7-23-13-25)12-24-21(27)17-10-15-3-1-2-4-16(15)11-20(17)26/h1-11,13,26H,12H2,(H,24,27). The number of amides is 1. The summed E-state index contributed by atoms with van der Waals surface area (Å²) in [5.41, 5.74) is 1.18. The number of aromatic nitrogens is 2. The van der Waals surface area contributed by atoms with E-state index in [-0.39, 0.29) is 17.9 Å². The number of carbonyl (C=O) groups excluding carboxylic acids is 1. The molecule has 2 N–H and O–H groups in total. The maximum atomic E-state index is 14.3. The zero-order valence-electron chi connectivity index (χ0n) is 14.3. The second kappa shape index (κ2) is 6.92. The number of rotatable bonds is 4. The highest BCUT2D eigenvalue weighted by Gasteiger charge is 2.13. The topological polar surface area (TPSA) is 67.2 Å². The number of nitrogens with zero attached hydrogens (tertiary/aromatic N) is 2. The quantitative estimate of drug-likeness (QED) is 0.581. The van der Waals surface area contributed by atoms with Gasteiger partial charge in [-0.1, -0.05) is 30.3 Å². The first-order valence-corrected chi connectivity index (χ1v) is 8.38. The molecule has 1 aromatic heterocycles. The molecule has 1 heterocycles. The van der Waals surface area contributed by atoms with Gasteiger partial charge in [-0.2, -0.15) is 0 Å². The largest absolute Gasteiger partial charge is 0.507 e. The smallest absolute Gasteiger partial charge is 0.255 e. The molecular formula is C21H16FN3O2. The van der Waals surface area contributed by atoms with Crippen LogP contribution in [0.15, 0.2) is 73.3 Å². The van der Waals surface area contributed by atoms with Crippen molar-refractivity contribution in [1.82, 2.24) is 14.9 Å².